The summed E-state index contributed by atoms with van der Waals surface area (Å²) in [6.07, 6.45) is 3.53. The number of amidine groups is 1. The Balaban J connectivity index is 2.21. The van der Waals surface area contributed by atoms with Gasteiger partial charge in [-0.3, -0.25) is 0 Å². The summed E-state index contributed by atoms with van der Waals surface area (Å²) in [7, 11) is 2.78. The van der Waals surface area contributed by atoms with Crippen LogP contribution in [0.4, 0.5) is 5.69 Å². The average molecular weight is 274 g/mol. The molecule has 1 aliphatic heterocycles. The van der Waals surface area contributed by atoms with Gasteiger partial charge in [0.2, 0.25) is 5.76 Å². The minimum absolute atomic E-state index is 0.176. The zero-order chi connectivity index (χ0) is 14.4. The summed E-state index contributed by atoms with van der Waals surface area (Å²) in [6.45, 7) is 0.815. The maximum Gasteiger partial charge on any atom is 0.374 e. The standard InChI is InChI=1S/C15H18N2O3/c1-19-13(15(18)20-2)11-17-10-6-9-14(17)16-12-7-4-3-5-8-12/h3-5,7-8,11H,6,9-10H2,1-2H3/b13-11-,16-14-. The van der Waals surface area contributed by atoms with Crippen molar-refractivity contribution in [1.29, 1.82) is 0 Å². The van der Waals surface area contributed by atoms with Gasteiger partial charge in [-0.05, 0) is 18.6 Å². The third-order valence-corrected chi connectivity index (χ3v) is 3.02. The molecule has 0 bridgehead atoms. The molecule has 5 nitrogen and oxygen atoms in total. The average Bonchev–Trinajstić information content (AvgIpc) is 2.92. The number of aliphatic imine (C=N–C) groups is 1. The number of carbonyl (C=O) groups excluding carboxylic acids is 1. The number of esters is 1. The van der Waals surface area contributed by atoms with Gasteiger partial charge in [-0.25, -0.2) is 9.79 Å². The van der Waals surface area contributed by atoms with Crippen LogP contribution in [0.25, 0.3) is 0 Å². The molecule has 5 heteroatoms. The van der Waals surface area contributed by atoms with Crippen molar-refractivity contribution < 1.29 is 14.3 Å². The third kappa shape index (κ3) is 3.38. The van der Waals surface area contributed by atoms with E-state index in [9.17, 15) is 4.79 Å². The molecule has 0 N–H and O–H groups in total. The Morgan fingerprint density at radius 2 is 2.00 bits per heavy atom. The summed E-state index contributed by atoms with van der Waals surface area (Å²) in [5.74, 6) is 0.614. The molecular formula is C15H18N2O3. The summed E-state index contributed by atoms with van der Waals surface area (Å²) in [6, 6.07) is 9.75. The summed E-state index contributed by atoms with van der Waals surface area (Å²) in [5.41, 5.74) is 0.903. The van der Waals surface area contributed by atoms with Gasteiger partial charge in [-0.2, -0.15) is 0 Å². The number of carbonyl (C=O) groups is 1. The van der Waals surface area contributed by atoms with E-state index in [0.29, 0.717) is 0 Å². The lowest BCUT2D eigenvalue weighted by Crippen LogP contribution is -2.21. The summed E-state index contributed by atoms with van der Waals surface area (Å²) in [5, 5.41) is 0. The van der Waals surface area contributed by atoms with Gasteiger partial charge >= 0.3 is 5.97 Å². The van der Waals surface area contributed by atoms with Gasteiger partial charge in [0.25, 0.3) is 0 Å². The second-order valence-electron chi connectivity index (χ2n) is 4.35. The van der Waals surface area contributed by atoms with Crippen molar-refractivity contribution in [3.05, 3.63) is 42.3 Å². The number of para-hydroxylation sites is 1. The molecule has 0 radical (unpaired) electrons. The van der Waals surface area contributed by atoms with Gasteiger partial charge in [0, 0.05) is 13.0 Å². The molecule has 0 saturated carbocycles. The molecule has 0 spiro atoms. The number of rotatable bonds is 4. The lowest BCUT2D eigenvalue weighted by Gasteiger charge is -2.15. The highest BCUT2D eigenvalue weighted by atomic mass is 16.6. The van der Waals surface area contributed by atoms with E-state index < -0.39 is 5.97 Å². The predicted octanol–water partition coefficient (Wildman–Crippen LogP) is 2.47. The number of benzene rings is 1. The van der Waals surface area contributed by atoms with Crippen molar-refractivity contribution in [2.75, 3.05) is 20.8 Å². The second kappa shape index (κ2) is 6.75. The van der Waals surface area contributed by atoms with Gasteiger partial charge in [-0.15, -0.1) is 0 Å². The van der Waals surface area contributed by atoms with Crippen LogP contribution in [0, 0.1) is 0 Å². The third-order valence-electron chi connectivity index (χ3n) is 3.02. The topological polar surface area (TPSA) is 51.1 Å². The molecule has 1 heterocycles. The van der Waals surface area contributed by atoms with Gasteiger partial charge in [0.05, 0.1) is 26.1 Å². The number of methoxy groups -OCH3 is 2. The van der Waals surface area contributed by atoms with Crippen LogP contribution >= 0.6 is 0 Å². The first-order valence-corrected chi connectivity index (χ1v) is 6.48. The van der Waals surface area contributed by atoms with Gasteiger partial charge in [-0.1, -0.05) is 18.2 Å². The molecule has 0 aliphatic carbocycles. The number of ether oxygens (including phenoxy) is 2. The minimum atomic E-state index is -0.488. The second-order valence-corrected chi connectivity index (χ2v) is 4.35. The number of nitrogens with zero attached hydrogens (tertiary/aromatic N) is 2. The zero-order valence-corrected chi connectivity index (χ0v) is 11.7. The quantitative estimate of drug-likeness (QED) is 0.481. The molecule has 0 unspecified atom stereocenters. The van der Waals surface area contributed by atoms with Crippen LogP contribution in [0.1, 0.15) is 12.8 Å². The van der Waals surface area contributed by atoms with Gasteiger partial charge in [0.1, 0.15) is 5.84 Å². The first kappa shape index (κ1) is 14.1. The van der Waals surface area contributed by atoms with E-state index in [4.69, 9.17) is 4.74 Å². The van der Waals surface area contributed by atoms with Gasteiger partial charge in [0.15, 0.2) is 0 Å². The van der Waals surface area contributed by atoms with Crippen LogP contribution in [0.5, 0.6) is 0 Å². The molecule has 2 rings (SSSR count). The highest BCUT2D eigenvalue weighted by molar-refractivity contribution is 5.90. The fourth-order valence-corrected chi connectivity index (χ4v) is 2.02. The minimum Gasteiger partial charge on any atom is -0.489 e. The Kier molecular flexibility index (Phi) is 4.76. The Hall–Kier alpha value is -2.30. The Morgan fingerprint density at radius 1 is 1.25 bits per heavy atom. The van der Waals surface area contributed by atoms with Crippen LogP contribution in [0.15, 0.2) is 47.3 Å². The zero-order valence-electron chi connectivity index (χ0n) is 11.7. The maximum absolute atomic E-state index is 11.5. The number of likely N-dealkylation sites (tertiary alicyclic amines) is 1. The van der Waals surface area contributed by atoms with Crippen molar-refractivity contribution in [3.63, 3.8) is 0 Å². The Morgan fingerprint density at radius 3 is 2.65 bits per heavy atom. The molecular weight excluding hydrogens is 256 g/mol. The summed E-state index contributed by atoms with van der Waals surface area (Å²) >= 11 is 0. The first-order chi connectivity index (χ1) is 9.74. The lowest BCUT2D eigenvalue weighted by molar-refractivity contribution is -0.139. The van der Waals surface area contributed by atoms with Crippen molar-refractivity contribution >= 4 is 17.5 Å². The highest BCUT2D eigenvalue weighted by Crippen LogP contribution is 2.19. The molecule has 106 valence electrons. The molecule has 0 aromatic heterocycles. The SMILES string of the molecule is COC(=O)/C(=C/N1CCC/C1=N/c1ccccc1)OC. The Labute approximate surface area is 118 Å². The summed E-state index contributed by atoms with van der Waals surface area (Å²) in [4.78, 5) is 18.0. The van der Waals surface area contributed by atoms with Crippen LogP contribution < -0.4 is 0 Å². The van der Waals surface area contributed by atoms with E-state index in [-0.39, 0.29) is 5.76 Å². The largest absolute Gasteiger partial charge is 0.489 e. The fourth-order valence-electron chi connectivity index (χ4n) is 2.02. The molecule has 1 aromatic carbocycles. The van der Waals surface area contributed by atoms with E-state index in [0.717, 1.165) is 30.9 Å². The number of hydrogen-bond donors (Lipinski definition) is 0. The molecule has 0 atom stereocenters. The van der Waals surface area contributed by atoms with Crippen LogP contribution in [-0.2, 0) is 14.3 Å². The van der Waals surface area contributed by atoms with E-state index in [1.165, 1.54) is 14.2 Å². The van der Waals surface area contributed by atoms with Crippen molar-refractivity contribution in [1.82, 2.24) is 4.90 Å². The summed E-state index contributed by atoms with van der Waals surface area (Å²) < 4.78 is 9.72. The van der Waals surface area contributed by atoms with E-state index >= 15 is 0 Å². The smallest absolute Gasteiger partial charge is 0.374 e. The normalized spacial score (nSPS) is 17.4. The van der Waals surface area contributed by atoms with Crippen molar-refractivity contribution in [3.8, 4) is 0 Å². The predicted molar refractivity (Wildman–Crippen MR) is 76.6 cm³/mol. The molecule has 1 fully saturated rings. The monoisotopic (exact) mass is 274 g/mol. The first-order valence-electron chi connectivity index (χ1n) is 6.48. The van der Waals surface area contributed by atoms with E-state index in [2.05, 4.69) is 9.73 Å². The molecule has 20 heavy (non-hydrogen) atoms. The molecule has 1 aliphatic rings. The van der Waals surface area contributed by atoms with E-state index in [1.54, 1.807) is 6.20 Å². The Bertz CT molecular complexity index is 523. The lowest BCUT2D eigenvalue weighted by atomic mass is 10.3. The van der Waals surface area contributed by atoms with E-state index in [1.807, 2.05) is 35.2 Å². The molecule has 0 amide bonds. The van der Waals surface area contributed by atoms with Crippen molar-refractivity contribution in [2.24, 2.45) is 4.99 Å². The van der Waals surface area contributed by atoms with Crippen LogP contribution in [-0.4, -0.2) is 37.5 Å². The van der Waals surface area contributed by atoms with Crippen LogP contribution in [0.3, 0.4) is 0 Å². The molecule has 1 saturated heterocycles. The van der Waals surface area contributed by atoms with Gasteiger partial charge < -0.3 is 14.4 Å². The number of hydrogen-bond acceptors (Lipinski definition) is 4. The molecule has 1 aromatic rings. The maximum atomic E-state index is 11.5. The van der Waals surface area contributed by atoms with Crippen molar-refractivity contribution in [2.45, 2.75) is 12.8 Å². The van der Waals surface area contributed by atoms with Crippen LogP contribution in [0.2, 0.25) is 0 Å². The highest BCUT2D eigenvalue weighted by Gasteiger charge is 2.20. The fraction of sp³-hybridized carbons (Fsp3) is 0.333.